The molecule has 2 aromatic rings. The number of benzene rings is 2. The molecule has 2 aromatic carbocycles. The van der Waals surface area contributed by atoms with Crippen LogP contribution in [0.3, 0.4) is 0 Å². The van der Waals surface area contributed by atoms with E-state index in [9.17, 15) is 0 Å². The Bertz CT molecular complexity index is 583. The van der Waals surface area contributed by atoms with Gasteiger partial charge >= 0.3 is 0 Å². The lowest BCUT2D eigenvalue weighted by Gasteiger charge is -2.15. The number of halogens is 1. The maximum absolute atomic E-state index is 5.28. The predicted molar refractivity (Wildman–Crippen MR) is 87.1 cm³/mol. The molecule has 0 bridgehead atoms. The number of nitrogens with one attached hydrogen (secondary N) is 1. The van der Waals surface area contributed by atoms with Crippen LogP contribution in [0.25, 0.3) is 0 Å². The molecule has 2 rings (SSSR count). The van der Waals surface area contributed by atoms with E-state index in [1.54, 1.807) is 7.11 Å². The van der Waals surface area contributed by atoms with Crippen molar-refractivity contribution in [2.75, 3.05) is 7.11 Å². The van der Waals surface area contributed by atoms with E-state index in [0.29, 0.717) is 6.04 Å². The quantitative estimate of drug-likeness (QED) is 0.862. The summed E-state index contributed by atoms with van der Waals surface area (Å²) in [7, 11) is 1.70. The van der Waals surface area contributed by atoms with E-state index in [2.05, 4.69) is 65.4 Å². The van der Waals surface area contributed by atoms with Crippen LogP contribution in [0.4, 0.5) is 0 Å². The first-order valence-electron chi connectivity index (χ1n) is 6.72. The lowest BCUT2D eigenvalue weighted by atomic mass is 10.1. The Labute approximate surface area is 129 Å². The summed E-state index contributed by atoms with van der Waals surface area (Å²) in [6.07, 6.45) is 0. The molecule has 0 unspecified atom stereocenters. The van der Waals surface area contributed by atoms with Gasteiger partial charge in [-0.25, -0.2) is 0 Å². The van der Waals surface area contributed by atoms with Crippen molar-refractivity contribution in [3.8, 4) is 5.75 Å². The molecule has 0 aliphatic rings. The lowest BCUT2D eigenvalue weighted by Crippen LogP contribution is -2.18. The third-order valence-electron chi connectivity index (χ3n) is 3.42. The largest absolute Gasteiger partial charge is 0.496 e. The number of hydrogen-bond donors (Lipinski definition) is 1. The van der Waals surface area contributed by atoms with Crippen LogP contribution in [0.5, 0.6) is 5.75 Å². The van der Waals surface area contributed by atoms with Crippen molar-refractivity contribution in [1.82, 2.24) is 5.32 Å². The van der Waals surface area contributed by atoms with Crippen LogP contribution >= 0.6 is 15.9 Å². The molecule has 1 N–H and O–H groups in total. The number of methoxy groups -OCH3 is 1. The summed E-state index contributed by atoms with van der Waals surface area (Å²) in [5, 5.41) is 3.55. The SMILES string of the molecule is COc1ccc(CN[C@@H](C)c2cccc(Br)c2)cc1C. The predicted octanol–water partition coefficient (Wildman–Crippen LogP) is 4.62. The third kappa shape index (κ3) is 3.84. The highest BCUT2D eigenvalue weighted by atomic mass is 79.9. The summed E-state index contributed by atoms with van der Waals surface area (Å²) in [4.78, 5) is 0. The first-order chi connectivity index (χ1) is 9.60. The second-order valence-corrected chi connectivity index (χ2v) is 5.88. The molecular weight excluding hydrogens is 314 g/mol. The average molecular weight is 334 g/mol. The maximum atomic E-state index is 5.28. The fourth-order valence-corrected chi connectivity index (χ4v) is 2.63. The molecule has 0 saturated heterocycles. The van der Waals surface area contributed by atoms with E-state index in [1.807, 2.05) is 12.1 Å². The van der Waals surface area contributed by atoms with Gasteiger partial charge in [0, 0.05) is 17.1 Å². The zero-order chi connectivity index (χ0) is 14.5. The third-order valence-corrected chi connectivity index (χ3v) is 3.91. The Morgan fingerprint density at radius 1 is 1.20 bits per heavy atom. The fourth-order valence-electron chi connectivity index (χ4n) is 2.22. The molecule has 0 aromatic heterocycles. The molecule has 0 aliphatic heterocycles. The number of hydrogen-bond acceptors (Lipinski definition) is 2. The van der Waals surface area contributed by atoms with E-state index >= 15 is 0 Å². The molecule has 0 radical (unpaired) electrons. The molecule has 20 heavy (non-hydrogen) atoms. The standard InChI is InChI=1S/C17H20BrNO/c1-12-9-14(7-8-17(12)20-3)11-19-13(2)15-5-4-6-16(18)10-15/h4-10,13,19H,11H2,1-3H3/t13-/m0/s1. The van der Waals surface area contributed by atoms with E-state index in [4.69, 9.17) is 4.74 Å². The van der Waals surface area contributed by atoms with Crippen LogP contribution in [-0.4, -0.2) is 7.11 Å². The van der Waals surface area contributed by atoms with Crippen molar-refractivity contribution >= 4 is 15.9 Å². The van der Waals surface area contributed by atoms with Crippen molar-refractivity contribution in [1.29, 1.82) is 0 Å². The van der Waals surface area contributed by atoms with Crippen LogP contribution < -0.4 is 10.1 Å². The van der Waals surface area contributed by atoms with Crippen molar-refractivity contribution < 1.29 is 4.74 Å². The van der Waals surface area contributed by atoms with E-state index in [-0.39, 0.29) is 0 Å². The Balaban J connectivity index is 1.99. The Morgan fingerprint density at radius 2 is 2.00 bits per heavy atom. The summed E-state index contributed by atoms with van der Waals surface area (Å²) < 4.78 is 6.40. The number of aryl methyl sites for hydroxylation is 1. The minimum Gasteiger partial charge on any atom is -0.496 e. The van der Waals surface area contributed by atoms with Gasteiger partial charge in [0.2, 0.25) is 0 Å². The molecule has 3 heteroatoms. The Kier molecular flexibility index (Phi) is 5.21. The molecule has 106 valence electrons. The first kappa shape index (κ1) is 15.1. The van der Waals surface area contributed by atoms with Gasteiger partial charge in [0.25, 0.3) is 0 Å². The molecule has 2 nitrogen and oxygen atoms in total. The van der Waals surface area contributed by atoms with E-state index in [0.717, 1.165) is 16.8 Å². The summed E-state index contributed by atoms with van der Waals surface area (Å²) >= 11 is 3.51. The normalized spacial score (nSPS) is 12.2. The second kappa shape index (κ2) is 6.91. The second-order valence-electron chi connectivity index (χ2n) is 4.96. The zero-order valence-electron chi connectivity index (χ0n) is 12.1. The van der Waals surface area contributed by atoms with Crippen molar-refractivity contribution in [2.24, 2.45) is 0 Å². The molecule has 0 amide bonds. The van der Waals surface area contributed by atoms with Gasteiger partial charge < -0.3 is 10.1 Å². The zero-order valence-corrected chi connectivity index (χ0v) is 13.7. The highest BCUT2D eigenvalue weighted by molar-refractivity contribution is 9.10. The van der Waals surface area contributed by atoms with Gasteiger partial charge in [-0.05, 0) is 48.7 Å². The highest BCUT2D eigenvalue weighted by Crippen LogP contribution is 2.20. The molecule has 0 saturated carbocycles. The van der Waals surface area contributed by atoms with Crippen molar-refractivity contribution in [3.63, 3.8) is 0 Å². The van der Waals surface area contributed by atoms with Crippen LogP contribution in [0.1, 0.15) is 29.7 Å². The van der Waals surface area contributed by atoms with E-state index in [1.165, 1.54) is 16.7 Å². The van der Waals surface area contributed by atoms with Gasteiger partial charge in [0.05, 0.1) is 7.11 Å². The van der Waals surface area contributed by atoms with Gasteiger partial charge in [-0.15, -0.1) is 0 Å². The molecule has 0 heterocycles. The minimum atomic E-state index is 0.315. The van der Waals surface area contributed by atoms with Crippen LogP contribution in [-0.2, 0) is 6.54 Å². The van der Waals surface area contributed by atoms with Crippen molar-refractivity contribution in [2.45, 2.75) is 26.4 Å². The molecule has 1 atom stereocenters. The van der Waals surface area contributed by atoms with Gasteiger partial charge in [-0.2, -0.15) is 0 Å². The summed E-state index contributed by atoms with van der Waals surface area (Å²) in [5.41, 5.74) is 3.72. The van der Waals surface area contributed by atoms with Gasteiger partial charge in [-0.1, -0.05) is 40.2 Å². The first-order valence-corrected chi connectivity index (χ1v) is 7.52. The van der Waals surface area contributed by atoms with Gasteiger partial charge in [-0.3, -0.25) is 0 Å². The highest BCUT2D eigenvalue weighted by Gasteiger charge is 2.06. The molecule has 0 fully saturated rings. The van der Waals surface area contributed by atoms with Crippen molar-refractivity contribution in [3.05, 3.63) is 63.6 Å². The summed E-state index contributed by atoms with van der Waals surface area (Å²) in [5.74, 6) is 0.939. The lowest BCUT2D eigenvalue weighted by molar-refractivity contribution is 0.411. The molecule has 0 spiro atoms. The van der Waals surface area contributed by atoms with Gasteiger partial charge in [0.1, 0.15) is 5.75 Å². The molecular formula is C17H20BrNO. The monoisotopic (exact) mass is 333 g/mol. The minimum absolute atomic E-state index is 0.315. The fraction of sp³-hybridized carbons (Fsp3) is 0.294. The topological polar surface area (TPSA) is 21.3 Å². The van der Waals surface area contributed by atoms with E-state index < -0.39 is 0 Å². The number of rotatable bonds is 5. The maximum Gasteiger partial charge on any atom is 0.121 e. The summed E-state index contributed by atoms with van der Waals surface area (Å²) in [6, 6.07) is 15.0. The Hall–Kier alpha value is -1.32. The van der Waals surface area contributed by atoms with Gasteiger partial charge in [0.15, 0.2) is 0 Å². The van der Waals surface area contributed by atoms with Crippen LogP contribution in [0.2, 0.25) is 0 Å². The average Bonchev–Trinajstić information content (AvgIpc) is 2.45. The number of ether oxygens (including phenoxy) is 1. The Morgan fingerprint density at radius 3 is 2.65 bits per heavy atom. The molecule has 0 aliphatic carbocycles. The van der Waals surface area contributed by atoms with Crippen LogP contribution in [0, 0.1) is 6.92 Å². The smallest absolute Gasteiger partial charge is 0.121 e. The summed E-state index contributed by atoms with van der Waals surface area (Å²) in [6.45, 7) is 5.09. The van der Waals surface area contributed by atoms with Crippen LogP contribution in [0.15, 0.2) is 46.9 Å².